The summed E-state index contributed by atoms with van der Waals surface area (Å²) in [4.78, 5) is 13.3. The number of hydrogen-bond donors (Lipinski definition) is 2. The number of anilines is 1. The molecule has 0 aliphatic heterocycles. The fourth-order valence-electron chi connectivity index (χ4n) is 1.13. The van der Waals surface area contributed by atoms with Crippen molar-refractivity contribution in [3.63, 3.8) is 0 Å². The highest BCUT2D eigenvalue weighted by Gasteiger charge is 2.09. The van der Waals surface area contributed by atoms with Gasteiger partial charge in [0.05, 0.1) is 6.54 Å². The second-order valence-electron chi connectivity index (χ2n) is 3.29. The molecule has 1 atom stereocenters. The first kappa shape index (κ1) is 11.9. The number of azide groups is 1. The molecule has 0 fully saturated rings. The van der Waals surface area contributed by atoms with E-state index in [9.17, 15) is 4.79 Å². The zero-order valence-electron chi connectivity index (χ0n) is 8.79. The molecular formula is C10H12N4O2. The highest BCUT2D eigenvalue weighted by molar-refractivity contribution is 5.76. The van der Waals surface area contributed by atoms with Gasteiger partial charge in [-0.05, 0) is 30.2 Å². The van der Waals surface area contributed by atoms with Crippen molar-refractivity contribution in [1.82, 2.24) is 0 Å². The van der Waals surface area contributed by atoms with Crippen molar-refractivity contribution < 1.29 is 9.90 Å². The Morgan fingerprint density at radius 2 is 2.19 bits per heavy atom. The maximum atomic E-state index is 10.6. The van der Waals surface area contributed by atoms with Crippen LogP contribution < -0.4 is 5.32 Å². The van der Waals surface area contributed by atoms with Gasteiger partial charge in [-0.25, -0.2) is 0 Å². The van der Waals surface area contributed by atoms with Gasteiger partial charge in [0.1, 0.15) is 6.04 Å². The maximum absolute atomic E-state index is 10.6. The Bertz CT molecular complexity index is 409. The van der Waals surface area contributed by atoms with E-state index in [2.05, 4.69) is 15.3 Å². The minimum absolute atomic E-state index is 0.297. The van der Waals surface area contributed by atoms with Crippen molar-refractivity contribution in [3.05, 3.63) is 40.3 Å². The van der Waals surface area contributed by atoms with Gasteiger partial charge in [-0.3, -0.25) is 4.79 Å². The molecule has 1 aromatic carbocycles. The Labute approximate surface area is 92.5 Å². The molecule has 2 N–H and O–H groups in total. The topological polar surface area (TPSA) is 98.1 Å². The molecule has 16 heavy (non-hydrogen) atoms. The largest absolute Gasteiger partial charge is 0.480 e. The molecule has 1 rings (SSSR count). The van der Waals surface area contributed by atoms with Crippen LogP contribution >= 0.6 is 0 Å². The number of nitrogens with one attached hydrogen (secondary N) is 1. The lowest BCUT2D eigenvalue weighted by atomic mass is 10.2. The van der Waals surface area contributed by atoms with Crippen LogP contribution in [0.5, 0.6) is 0 Å². The smallest absolute Gasteiger partial charge is 0.325 e. The van der Waals surface area contributed by atoms with Crippen molar-refractivity contribution >= 4 is 11.7 Å². The van der Waals surface area contributed by atoms with E-state index in [4.69, 9.17) is 10.6 Å². The summed E-state index contributed by atoms with van der Waals surface area (Å²) in [6.45, 7) is 1.86. The predicted molar refractivity (Wildman–Crippen MR) is 60.0 cm³/mol. The lowest BCUT2D eigenvalue weighted by molar-refractivity contribution is -0.137. The lowest BCUT2D eigenvalue weighted by Gasteiger charge is -2.10. The van der Waals surface area contributed by atoms with Crippen LogP contribution in [0.15, 0.2) is 29.4 Å². The Hall–Kier alpha value is -2.20. The first-order chi connectivity index (χ1) is 7.63. The SMILES string of the molecule is C[C@H](Nc1ccc(CN=[N+]=[N-])cc1)C(=O)O. The Balaban J connectivity index is 2.64. The van der Waals surface area contributed by atoms with Gasteiger partial charge in [-0.2, -0.15) is 0 Å². The minimum Gasteiger partial charge on any atom is -0.480 e. The fourth-order valence-corrected chi connectivity index (χ4v) is 1.13. The lowest BCUT2D eigenvalue weighted by Crippen LogP contribution is -2.25. The van der Waals surface area contributed by atoms with Gasteiger partial charge in [0.15, 0.2) is 0 Å². The van der Waals surface area contributed by atoms with E-state index in [0.717, 1.165) is 11.3 Å². The number of hydrogen-bond acceptors (Lipinski definition) is 3. The van der Waals surface area contributed by atoms with E-state index in [-0.39, 0.29) is 0 Å². The summed E-state index contributed by atoms with van der Waals surface area (Å²) in [5, 5.41) is 14.9. The molecule has 0 unspecified atom stereocenters. The molecule has 0 radical (unpaired) electrons. The fraction of sp³-hybridized carbons (Fsp3) is 0.300. The van der Waals surface area contributed by atoms with Crippen molar-refractivity contribution in [2.45, 2.75) is 19.5 Å². The van der Waals surface area contributed by atoms with Gasteiger partial charge in [-0.1, -0.05) is 17.2 Å². The van der Waals surface area contributed by atoms with Crippen LogP contribution in [0.25, 0.3) is 10.4 Å². The summed E-state index contributed by atoms with van der Waals surface area (Å²) in [6.07, 6.45) is 0. The summed E-state index contributed by atoms with van der Waals surface area (Å²) >= 11 is 0. The molecule has 0 spiro atoms. The second kappa shape index (κ2) is 5.63. The van der Waals surface area contributed by atoms with Crippen LogP contribution in [0.3, 0.4) is 0 Å². The number of rotatable bonds is 5. The molecule has 0 aromatic heterocycles. The van der Waals surface area contributed by atoms with Crippen LogP contribution in [0.1, 0.15) is 12.5 Å². The summed E-state index contributed by atoms with van der Waals surface area (Å²) in [5.74, 6) is -0.904. The highest BCUT2D eigenvalue weighted by atomic mass is 16.4. The normalized spacial score (nSPS) is 11.3. The quantitative estimate of drug-likeness (QED) is 0.452. The molecule has 0 aliphatic rings. The number of carboxylic acids is 1. The van der Waals surface area contributed by atoms with Crippen LogP contribution in [0.4, 0.5) is 5.69 Å². The highest BCUT2D eigenvalue weighted by Crippen LogP contribution is 2.11. The molecule has 84 valence electrons. The van der Waals surface area contributed by atoms with E-state index < -0.39 is 12.0 Å². The molecule has 0 amide bonds. The first-order valence-electron chi connectivity index (χ1n) is 4.72. The van der Waals surface area contributed by atoms with Crippen LogP contribution in [0, 0.1) is 0 Å². The van der Waals surface area contributed by atoms with Gasteiger partial charge in [0.25, 0.3) is 0 Å². The third kappa shape index (κ3) is 3.51. The van der Waals surface area contributed by atoms with Gasteiger partial charge >= 0.3 is 5.97 Å². The molecule has 0 saturated heterocycles. The molecule has 0 bridgehead atoms. The molecule has 6 nitrogen and oxygen atoms in total. The Morgan fingerprint density at radius 1 is 1.56 bits per heavy atom. The zero-order valence-corrected chi connectivity index (χ0v) is 8.79. The maximum Gasteiger partial charge on any atom is 0.325 e. The monoisotopic (exact) mass is 220 g/mol. The molecule has 0 heterocycles. The predicted octanol–water partition coefficient (Wildman–Crippen LogP) is 2.38. The van der Waals surface area contributed by atoms with E-state index in [1.165, 1.54) is 0 Å². The van der Waals surface area contributed by atoms with Crippen molar-refractivity contribution in [1.29, 1.82) is 0 Å². The number of nitrogens with zero attached hydrogens (tertiary/aromatic N) is 3. The van der Waals surface area contributed by atoms with Crippen LogP contribution in [-0.2, 0) is 11.3 Å². The molecule has 0 aliphatic carbocycles. The number of benzene rings is 1. The van der Waals surface area contributed by atoms with Gasteiger partial charge < -0.3 is 10.4 Å². The summed E-state index contributed by atoms with van der Waals surface area (Å²) in [5.41, 5.74) is 9.75. The van der Waals surface area contributed by atoms with Crippen LogP contribution in [0.2, 0.25) is 0 Å². The third-order valence-electron chi connectivity index (χ3n) is 2.02. The average Bonchev–Trinajstić information content (AvgIpc) is 2.28. The van der Waals surface area contributed by atoms with Crippen molar-refractivity contribution in [2.24, 2.45) is 5.11 Å². The first-order valence-corrected chi connectivity index (χ1v) is 4.72. The van der Waals surface area contributed by atoms with E-state index >= 15 is 0 Å². The Morgan fingerprint density at radius 3 is 2.69 bits per heavy atom. The van der Waals surface area contributed by atoms with Gasteiger partial charge in [0, 0.05) is 10.6 Å². The molecule has 1 aromatic rings. The van der Waals surface area contributed by atoms with Crippen molar-refractivity contribution in [2.75, 3.05) is 5.32 Å². The van der Waals surface area contributed by atoms with E-state index in [0.29, 0.717) is 6.54 Å². The van der Waals surface area contributed by atoms with Crippen molar-refractivity contribution in [3.8, 4) is 0 Å². The number of carboxylic acid groups (broad SMARTS) is 1. The summed E-state index contributed by atoms with van der Waals surface area (Å²) in [6, 6.07) is 6.43. The second-order valence-corrected chi connectivity index (χ2v) is 3.29. The number of carbonyl (C=O) groups is 1. The average molecular weight is 220 g/mol. The molecular weight excluding hydrogens is 208 g/mol. The Kier molecular flexibility index (Phi) is 4.17. The molecule has 6 heteroatoms. The van der Waals surface area contributed by atoms with Crippen LogP contribution in [-0.4, -0.2) is 17.1 Å². The minimum atomic E-state index is -0.904. The van der Waals surface area contributed by atoms with E-state index in [1.807, 2.05) is 0 Å². The summed E-state index contributed by atoms with van der Waals surface area (Å²) < 4.78 is 0. The van der Waals surface area contributed by atoms with Gasteiger partial charge in [-0.15, -0.1) is 0 Å². The number of aliphatic carboxylic acids is 1. The third-order valence-corrected chi connectivity index (χ3v) is 2.02. The molecule has 0 saturated carbocycles. The standard InChI is InChI=1S/C10H12N4O2/c1-7(10(15)16)13-9-4-2-8(3-5-9)6-12-14-11/h2-5,7,13H,6H2,1H3,(H,15,16)/t7-/m0/s1. The van der Waals surface area contributed by atoms with Gasteiger partial charge in [0.2, 0.25) is 0 Å². The zero-order chi connectivity index (χ0) is 12.0. The van der Waals surface area contributed by atoms with E-state index in [1.54, 1.807) is 31.2 Å². The summed E-state index contributed by atoms with van der Waals surface area (Å²) in [7, 11) is 0.